The normalized spacial score (nSPS) is 15.2. The van der Waals surface area contributed by atoms with Gasteiger partial charge in [0.05, 0.1) is 12.1 Å². The third-order valence-corrected chi connectivity index (χ3v) is 3.24. The van der Waals surface area contributed by atoms with Crippen LogP contribution in [0.5, 0.6) is 0 Å². The zero-order valence-electron chi connectivity index (χ0n) is 9.72. The van der Waals surface area contributed by atoms with E-state index in [9.17, 15) is 4.79 Å². The van der Waals surface area contributed by atoms with E-state index in [1.165, 1.54) is 24.6 Å². The first-order valence-corrected chi connectivity index (χ1v) is 6.80. The molecule has 0 radical (unpaired) electrons. The summed E-state index contributed by atoms with van der Waals surface area (Å²) in [5, 5.41) is 9.45. The Morgan fingerprint density at radius 1 is 1.47 bits per heavy atom. The van der Waals surface area contributed by atoms with Gasteiger partial charge in [-0.25, -0.2) is 9.97 Å². The fourth-order valence-electron chi connectivity index (χ4n) is 1.90. The Kier molecular flexibility index (Phi) is 3.83. The minimum absolute atomic E-state index is 0.0447. The maximum absolute atomic E-state index is 10.7. The SMILES string of the molecule is CSc1nc(CC(=O)O)cc(N2CCCC2)n1. The summed E-state index contributed by atoms with van der Waals surface area (Å²) in [6.45, 7) is 1.99. The number of thioether (sulfide) groups is 1. The summed E-state index contributed by atoms with van der Waals surface area (Å²) in [5.41, 5.74) is 0.582. The predicted octanol–water partition coefficient (Wildman–Crippen LogP) is 1.43. The van der Waals surface area contributed by atoms with Gasteiger partial charge in [0.15, 0.2) is 5.16 Å². The zero-order valence-corrected chi connectivity index (χ0v) is 10.5. The lowest BCUT2D eigenvalue weighted by atomic mass is 10.3. The number of hydrogen-bond donors (Lipinski definition) is 1. The van der Waals surface area contributed by atoms with Crippen LogP contribution >= 0.6 is 11.8 Å². The lowest BCUT2D eigenvalue weighted by Crippen LogP contribution is -2.20. The molecule has 1 aromatic heterocycles. The molecule has 0 unspecified atom stereocenters. The summed E-state index contributed by atoms with van der Waals surface area (Å²) in [6.07, 6.45) is 4.20. The highest BCUT2D eigenvalue weighted by molar-refractivity contribution is 7.98. The Morgan fingerprint density at radius 2 is 2.18 bits per heavy atom. The van der Waals surface area contributed by atoms with Crippen LogP contribution in [0.25, 0.3) is 0 Å². The van der Waals surface area contributed by atoms with Gasteiger partial charge < -0.3 is 10.0 Å². The van der Waals surface area contributed by atoms with E-state index >= 15 is 0 Å². The zero-order chi connectivity index (χ0) is 12.3. The van der Waals surface area contributed by atoms with E-state index in [0.717, 1.165) is 18.9 Å². The molecule has 2 heterocycles. The Morgan fingerprint density at radius 3 is 2.76 bits per heavy atom. The van der Waals surface area contributed by atoms with Gasteiger partial charge in [-0.1, -0.05) is 11.8 Å². The molecule has 0 aromatic carbocycles. The van der Waals surface area contributed by atoms with Gasteiger partial charge in [-0.05, 0) is 19.1 Å². The van der Waals surface area contributed by atoms with Crippen molar-refractivity contribution in [2.75, 3.05) is 24.2 Å². The number of rotatable bonds is 4. The minimum atomic E-state index is -0.858. The molecule has 1 aliphatic rings. The Hall–Kier alpha value is -1.30. The second-order valence-electron chi connectivity index (χ2n) is 3.97. The highest BCUT2D eigenvalue weighted by Gasteiger charge is 2.16. The van der Waals surface area contributed by atoms with Crippen molar-refractivity contribution in [1.82, 2.24) is 9.97 Å². The van der Waals surface area contributed by atoms with Crippen molar-refractivity contribution in [3.05, 3.63) is 11.8 Å². The highest BCUT2D eigenvalue weighted by atomic mass is 32.2. The quantitative estimate of drug-likeness (QED) is 0.646. The first-order valence-electron chi connectivity index (χ1n) is 5.58. The number of hydrogen-bond acceptors (Lipinski definition) is 5. The van der Waals surface area contributed by atoms with Crippen molar-refractivity contribution in [3.63, 3.8) is 0 Å². The monoisotopic (exact) mass is 253 g/mol. The largest absolute Gasteiger partial charge is 0.481 e. The van der Waals surface area contributed by atoms with Gasteiger partial charge in [-0.3, -0.25) is 4.79 Å². The predicted molar refractivity (Wildman–Crippen MR) is 66.6 cm³/mol. The molecule has 0 amide bonds. The fraction of sp³-hybridized carbons (Fsp3) is 0.545. The molecule has 2 rings (SSSR count). The molecule has 1 saturated heterocycles. The van der Waals surface area contributed by atoms with E-state index < -0.39 is 5.97 Å². The number of carboxylic acids is 1. The lowest BCUT2D eigenvalue weighted by Gasteiger charge is -2.17. The average Bonchev–Trinajstić information content (AvgIpc) is 2.81. The van der Waals surface area contributed by atoms with E-state index in [1.807, 2.05) is 6.26 Å². The van der Waals surface area contributed by atoms with E-state index in [2.05, 4.69) is 14.9 Å². The highest BCUT2D eigenvalue weighted by Crippen LogP contribution is 2.21. The van der Waals surface area contributed by atoms with Crippen LogP contribution in [0.15, 0.2) is 11.2 Å². The molecule has 6 heteroatoms. The van der Waals surface area contributed by atoms with Crippen LogP contribution < -0.4 is 4.90 Å². The fourth-order valence-corrected chi connectivity index (χ4v) is 2.30. The van der Waals surface area contributed by atoms with E-state index in [4.69, 9.17) is 5.11 Å². The first kappa shape index (κ1) is 12.2. The number of nitrogens with zero attached hydrogens (tertiary/aromatic N) is 3. The van der Waals surface area contributed by atoms with E-state index in [1.54, 1.807) is 6.07 Å². The van der Waals surface area contributed by atoms with Gasteiger partial charge in [0.1, 0.15) is 5.82 Å². The summed E-state index contributed by atoms with van der Waals surface area (Å²) in [5.74, 6) is 0.00113. The minimum Gasteiger partial charge on any atom is -0.481 e. The second kappa shape index (κ2) is 5.35. The van der Waals surface area contributed by atoms with Gasteiger partial charge >= 0.3 is 5.97 Å². The molecule has 17 heavy (non-hydrogen) atoms. The van der Waals surface area contributed by atoms with Crippen LogP contribution in [0.4, 0.5) is 5.82 Å². The molecule has 1 aromatic rings. The number of carboxylic acid groups (broad SMARTS) is 1. The van der Waals surface area contributed by atoms with Crippen molar-refractivity contribution in [2.24, 2.45) is 0 Å². The molecule has 92 valence electrons. The molecule has 1 fully saturated rings. The third-order valence-electron chi connectivity index (χ3n) is 2.69. The maximum Gasteiger partial charge on any atom is 0.309 e. The van der Waals surface area contributed by atoms with Crippen LogP contribution in [0, 0.1) is 0 Å². The van der Waals surface area contributed by atoms with Gasteiger partial charge in [0.2, 0.25) is 0 Å². The smallest absolute Gasteiger partial charge is 0.309 e. The van der Waals surface area contributed by atoms with Crippen LogP contribution in [0.3, 0.4) is 0 Å². The standard InChI is InChI=1S/C11H15N3O2S/c1-17-11-12-8(7-10(15)16)6-9(13-11)14-4-2-3-5-14/h6H,2-5,7H2,1H3,(H,15,16). The Labute approximate surface area is 104 Å². The summed E-state index contributed by atoms with van der Waals surface area (Å²) in [7, 11) is 0. The van der Waals surface area contributed by atoms with Gasteiger partial charge in [0, 0.05) is 19.2 Å². The van der Waals surface area contributed by atoms with E-state index in [0.29, 0.717) is 10.9 Å². The molecule has 5 nitrogen and oxygen atoms in total. The molecule has 1 N–H and O–H groups in total. The van der Waals surface area contributed by atoms with Gasteiger partial charge in [0.25, 0.3) is 0 Å². The summed E-state index contributed by atoms with van der Waals surface area (Å²) in [4.78, 5) is 21.5. The van der Waals surface area contributed by atoms with Crippen LogP contribution in [-0.4, -0.2) is 40.4 Å². The van der Waals surface area contributed by atoms with Crippen molar-refractivity contribution in [2.45, 2.75) is 24.4 Å². The second-order valence-corrected chi connectivity index (χ2v) is 4.74. The number of aliphatic carboxylic acids is 1. The molecular formula is C11H15N3O2S. The number of carbonyl (C=O) groups is 1. The van der Waals surface area contributed by atoms with Crippen molar-refractivity contribution in [3.8, 4) is 0 Å². The molecule has 0 saturated carbocycles. The van der Waals surface area contributed by atoms with Crippen molar-refractivity contribution in [1.29, 1.82) is 0 Å². The molecule has 0 atom stereocenters. The van der Waals surface area contributed by atoms with Gasteiger partial charge in [-0.2, -0.15) is 0 Å². The Bertz CT molecular complexity index is 419. The van der Waals surface area contributed by atoms with Crippen LogP contribution in [-0.2, 0) is 11.2 Å². The molecular weight excluding hydrogens is 238 g/mol. The Balaban J connectivity index is 2.27. The molecule has 0 aliphatic carbocycles. The van der Waals surface area contributed by atoms with Gasteiger partial charge in [-0.15, -0.1) is 0 Å². The summed E-state index contributed by atoms with van der Waals surface area (Å²) < 4.78 is 0. The lowest BCUT2D eigenvalue weighted by molar-refractivity contribution is -0.136. The number of aromatic nitrogens is 2. The first-order chi connectivity index (χ1) is 8.19. The molecule has 0 spiro atoms. The van der Waals surface area contributed by atoms with Crippen molar-refractivity contribution >= 4 is 23.5 Å². The topological polar surface area (TPSA) is 66.3 Å². The van der Waals surface area contributed by atoms with Crippen LogP contribution in [0.2, 0.25) is 0 Å². The summed E-state index contributed by atoms with van der Waals surface area (Å²) in [6, 6.07) is 1.79. The molecule has 0 bridgehead atoms. The molecule has 1 aliphatic heterocycles. The third kappa shape index (κ3) is 3.09. The maximum atomic E-state index is 10.7. The number of anilines is 1. The summed E-state index contributed by atoms with van der Waals surface area (Å²) >= 11 is 1.44. The average molecular weight is 253 g/mol. The van der Waals surface area contributed by atoms with Crippen molar-refractivity contribution < 1.29 is 9.90 Å². The van der Waals surface area contributed by atoms with E-state index in [-0.39, 0.29) is 6.42 Å². The van der Waals surface area contributed by atoms with Crippen LogP contribution in [0.1, 0.15) is 18.5 Å².